The number of halogens is 1. The zero-order chi connectivity index (χ0) is 22.8. The predicted octanol–water partition coefficient (Wildman–Crippen LogP) is 4.72. The highest BCUT2D eigenvalue weighted by atomic mass is 32.2. The van der Waals surface area contributed by atoms with Crippen LogP contribution in [0.1, 0.15) is 31.7 Å². The molecule has 3 heterocycles. The molecule has 0 saturated carbocycles. The number of rotatable bonds is 6. The molecule has 1 saturated heterocycles. The molecule has 1 aromatic heterocycles. The summed E-state index contributed by atoms with van der Waals surface area (Å²) in [5.41, 5.74) is 3.02. The van der Waals surface area contributed by atoms with Crippen LogP contribution >= 0.6 is 11.8 Å². The van der Waals surface area contributed by atoms with E-state index in [0.717, 1.165) is 43.5 Å². The summed E-state index contributed by atoms with van der Waals surface area (Å²) < 4.78 is 21.3. The SMILES string of the molecule is CC1CCc2ccccc2N1C(=O)CSc1nnc(-c2ccc(F)cc2)n1CC1CCCO1. The molecule has 2 aliphatic rings. The average molecular weight is 467 g/mol. The van der Waals surface area contributed by atoms with Crippen LogP contribution in [0.15, 0.2) is 53.7 Å². The first-order chi connectivity index (χ1) is 16.1. The van der Waals surface area contributed by atoms with E-state index in [2.05, 4.69) is 23.2 Å². The molecule has 0 bridgehead atoms. The minimum Gasteiger partial charge on any atom is -0.376 e. The maximum Gasteiger partial charge on any atom is 0.237 e. The smallest absolute Gasteiger partial charge is 0.237 e. The third-order valence-corrected chi connectivity index (χ3v) is 7.30. The molecule has 5 rings (SSSR count). The normalized spacial score (nSPS) is 20.1. The third kappa shape index (κ3) is 4.68. The minimum absolute atomic E-state index is 0.0645. The number of amides is 1. The van der Waals surface area contributed by atoms with Gasteiger partial charge in [0.2, 0.25) is 5.91 Å². The van der Waals surface area contributed by atoms with Gasteiger partial charge in [-0.15, -0.1) is 10.2 Å². The second-order valence-corrected chi connectivity index (χ2v) is 9.57. The lowest BCUT2D eigenvalue weighted by molar-refractivity contribution is -0.116. The van der Waals surface area contributed by atoms with Gasteiger partial charge >= 0.3 is 0 Å². The van der Waals surface area contributed by atoms with Gasteiger partial charge in [0.1, 0.15) is 5.82 Å². The number of ether oxygens (including phenoxy) is 1. The second kappa shape index (κ2) is 9.65. The number of nitrogens with zero attached hydrogens (tertiary/aromatic N) is 4. The van der Waals surface area contributed by atoms with Gasteiger partial charge in [0.25, 0.3) is 0 Å². The number of aromatic nitrogens is 3. The molecular formula is C25H27FN4O2S. The monoisotopic (exact) mass is 466 g/mol. The van der Waals surface area contributed by atoms with E-state index in [1.54, 1.807) is 12.1 Å². The van der Waals surface area contributed by atoms with Crippen molar-refractivity contribution in [2.24, 2.45) is 0 Å². The number of aryl methyl sites for hydroxylation is 1. The van der Waals surface area contributed by atoms with Gasteiger partial charge in [0.15, 0.2) is 11.0 Å². The zero-order valence-electron chi connectivity index (χ0n) is 18.6. The lowest BCUT2D eigenvalue weighted by Gasteiger charge is -2.35. The van der Waals surface area contributed by atoms with Crippen molar-refractivity contribution in [1.29, 1.82) is 0 Å². The molecule has 172 valence electrons. The number of para-hydroxylation sites is 1. The van der Waals surface area contributed by atoms with Crippen LogP contribution in [0.25, 0.3) is 11.4 Å². The van der Waals surface area contributed by atoms with Crippen molar-refractivity contribution in [3.63, 3.8) is 0 Å². The fourth-order valence-electron chi connectivity index (χ4n) is 4.63. The number of fused-ring (bicyclic) bond motifs is 1. The molecule has 2 unspecified atom stereocenters. The number of anilines is 1. The molecule has 2 atom stereocenters. The number of hydrogen-bond donors (Lipinski definition) is 0. The number of hydrogen-bond acceptors (Lipinski definition) is 5. The van der Waals surface area contributed by atoms with Gasteiger partial charge in [0.05, 0.1) is 18.4 Å². The van der Waals surface area contributed by atoms with Crippen molar-refractivity contribution in [3.05, 3.63) is 59.9 Å². The summed E-state index contributed by atoms with van der Waals surface area (Å²) in [5, 5.41) is 9.46. The fraction of sp³-hybridized carbons (Fsp3) is 0.400. The van der Waals surface area contributed by atoms with Crippen LogP contribution in [0.5, 0.6) is 0 Å². The van der Waals surface area contributed by atoms with Crippen molar-refractivity contribution >= 4 is 23.4 Å². The van der Waals surface area contributed by atoms with Crippen LogP contribution in [-0.2, 0) is 22.5 Å². The molecule has 3 aromatic rings. The van der Waals surface area contributed by atoms with Gasteiger partial charge in [-0.2, -0.15) is 0 Å². The number of benzene rings is 2. The Morgan fingerprint density at radius 1 is 1.15 bits per heavy atom. The Labute approximate surface area is 197 Å². The molecule has 1 amide bonds. The molecule has 0 radical (unpaired) electrons. The Bertz CT molecular complexity index is 1130. The van der Waals surface area contributed by atoms with Gasteiger partial charge in [-0.25, -0.2) is 4.39 Å². The van der Waals surface area contributed by atoms with E-state index >= 15 is 0 Å². The van der Waals surface area contributed by atoms with Crippen LogP contribution in [0, 0.1) is 5.82 Å². The summed E-state index contributed by atoms with van der Waals surface area (Å²) in [4.78, 5) is 15.2. The maximum absolute atomic E-state index is 13.5. The van der Waals surface area contributed by atoms with Crippen LogP contribution in [0.4, 0.5) is 10.1 Å². The number of carbonyl (C=O) groups is 1. The molecular weight excluding hydrogens is 439 g/mol. The van der Waals surface area contributed by atoms with Gasteiger partial charge in [-0.1, -0.05) is 30.0 Å². The first-order valence-electron chi connectivity index (χ1n) is 11.4. The molecule has 0 spiro atoms. The molecule has 0 N–H and O–H groups in total. The lowest BCUT2D eigenvalue weighted by atomic mass is 9.97. The van der Waals surface area contributed by atoms with Crippen molar-refractivity contribution < 1.29 is 13.9 Å². The van der Waals surface area contributed by atoms with E-state index in [1.165, 1.54) is 29.5 Å². The molecule has 6 nitrogen and oxygen atoms in total. The quantitative estimate of drug-likeness (QED) is 0.492. The second-order valence-electron chi connectivity index (χ2n) is 8.63. The van der Waals surface area contributed by atoms with Crippen molar-refractivity contribution in [2.45, 2.75) is 56.5 Å². The Hall–Kier alpha value is -2.71. The van der Waals surface area contributed by atoms with Gasteiger partial charge < -0.3 is 9.64 Å². The van der Waals surface area contributed by atoms with E-state index in [0.29, 0.717) is 17.5 Å². The fourth-order valence-corrected chi connectivity index (χ4v) is 5.44. The summed E-state index contributed by atoms with van der Waals surface area (Å²) >= 11 is 1.40. The molecule has 33 heavy (non-hydrogen) atoms. The summed E-state index contributed by atoms with van der Waals surface area (Å²) in [5.74, 6) is 0.706. The standard InChI is InChI=1S/C25H27FN4O2S/c1-17-8-9-18-5-2-3-7-22(18)30(17)23(31)16-33-25-28-27-24(19-10-12-20(26)13-11-19)29(25)15-21-6-4-14-32-21/h2-3,5,7,10-13,17,21H,4,6,8-9,14-16H2,1H3. The Balaban J connectivity index is 1.38. The van der Waals surface area contributed by atoms with E-state index in [1.807, 2.05) is 27.7 Å². The van der Waals surface area contributed by atoms with E-state index in [-0.39, 0.29) is 29.6 Å². The third-order valence-electron chi connectivity index (χ3n) is 6.35. The number of thioether (sulfide) groups is 1. The van der Waals surface area contributed by atoms with Crippen molar-refractivity contribution in [2.75, 3.05) is 17.3 Å². The summed E-state index contributed by atoms with van der Waals surface area (Å²) in [6, 6.07) is 14.6. The Morgan fingerprint density at radius 2 is 1.97 bits per heavy atom. The summed E-state index contributed by atoms with van der Waals surface area (Å²) in [6.45, 7) is 3.47. The lowest BCUT2D eigenvalue weighted by Crippen LogP contribution is -2.43. The predicted molar refractivity (Wildman–Crippen MR) is 127 cm³/mol. The summed E-state index contributed by atoms with van der Waals surface area (Å²) in [7, 11) is 0. The van der Waals surface area contributed by atoms with Gasteiger partial charge in [-0.05, 0) is 68.5 Å². The zero-order valence-corrected chi connectivity index (χ0v) is 19.4. The Morgan fingerprint density at radius 3 is 2.76 bits per heavy atom. The van der Waals surface area contributed by atoms with Crippen molar-refractivity contribution in [3.8, 4) is 11.4 Å². The van der Waals surface area contributed by atoms with E-state index < -0.39 is 0 Å². The van der Waals surface area contributed by atoms with E-state index in [9.17, 15) is 9.18 Å². The number of carbonyl (C=O) groups excluding carboxylic acids is 1. The van der Waals surface area contributed by atoms with Crippen LogP contribution in [-0.4, -0.2) is 45.2 Å². The minimum atomic E-state index is -0.292. The van der Waals surface area contributed by atoms with Gasteiger partial charge in [-0.3, -0.25) is 9.36 Å². The van der Waals surface area contributed by atoms with Gasteiger partial charge in [0, 0.05) is 23.9 Å². The highest BCUT2D eigenvalue weighted by Crippen LogP contribution is 2.32. The first-order valence-corrected chi connectivity index (χ1v) is 12.4. The summed E-state index contributed by atoms with van der Waals surface area (Å²) in [6.07, 6.45) is 4.05. The van der Waals surface area contributed by atoms with Crippen LogP contribution in [0.2, 0.25) is 0 Å². The largest absolute Gasteiger partial charge is 0.376 e. The molecule has 0 aliphatic carbocycles. The molecule has 8 heteroatoms. The Kier molecular flexibility index (Phi) is 6.46. The highest BCUT2D eigenvalue weighted by Gasteiger charge is 2.29. The van der Waals surface area contributed by atoms with E-state index in [4.69, 9.17) is 4.74 Å². The molecule has 2 aromatic carbocycles. The van der Waals surface area contributed by atoms with Crippen LogP contribution < -0.4 is 4.90 Å². The van der Waals surface area contributed by atoms with Crippen LogP contribution in [0.3, 0.4) is 0 Å². The topological polar surface area (TPSA) is 60.2 Å². The highest BCUT2D eigenvalue weighted by molar-refractivity contribution is 7.99. The maximum atomic E-state index is 13.5. The first kappa shape index (κ1) is 22.1. The average Bonchev–Trinajstić information content (AvgIpc) is 3.48. The van der Waals surface area contributed by atoms with Crippen molar-refractivity contribution in [1.82, 2.24) is 14.8 Å². The molecule has 2 aliphatic heterocycles. The molecule has 1 fully saturated rings.